The molecule has 0 rings (SSSR count). The van der Waals surface area contributed by atoms with Crippen LogP contribution in [0.1, 0.15) is 47.0 Å². The molecule has 0 unspecified atom stereocenters. The van der Waals surface area contributed by atoms with Gasteiger partial charge in [0.15, 0.2) is 5.78 Å². The summed E-state index contributed by atoms with van der Waals surface area (Å²) in [5.74, 6) is 0.236. The Morgan fingerprint density at radius 3 is 2.33 bits per heavy atom. The highest BCUT2D eigenvalue weighted by molar-refractivity contribution is 5.86. The third-order valence-corrected chi connectivity index (χ3v) is 2.11. The highest BCUT2D eigenvalue weighted by atomic mass is 16.1. The quantitative estimate of drug-likeness (QED) is 0.496. The van der Waals surface area contributed by atoms with Gasteiger partial charge in [0.1, 0.15) is 5.78 Å². The molecule has 0 aromatic carbocycles. The van der Waals surface area contributed by atoms with E-state index in [2.05, 4.69) is 19.6 Å². The summed E-state index contributed by atoms with van der Waals surface area (Å²) in [6.45, 7) is 7.27. The van der Waals surface area contributed by atoms with Gasteiger partial charge in [-0.15, -0.1) is 5.73 Å². The van der Waals surface area contributed by atoms with Gasteiger partial charge < -0.3 is 4.79 Å². The first-order valence-electron chi connectivity index (χ1n) is 5.27. The van der Waals surface area contributed by atoms with Gasteiger partial charge in [-0.3, -0.25) is 4.79 Å². The molecule has 0 saturated carbocycles. The molecule has 0 aliphatic rings. The van der Waals surface area contributed by atoms with E-state index >= 15 is 0 Å². The zero-order valence-electron chi connectivity index (χ0n) is 10.1. The fourth-order valence-corrected chi connectivity index (χ4v) is 1.25. The van der Waals surface area contributed by atoms with Gasteiger partial charge in [0, 0.05) is 12.5 Å². The van der Waals surface area contributed by atoms with Crippen LogP contribution < -0.4 is 0 Å². The monoisotopic (exact) mass is 208 g/mol. The Kier molecular flexibility index (Phi) is 5.88. The van der Waals surface area contributed by atoms with Gasteiger partial charge in [-0.05, 0) is 38.2 Å². The Labute approximate surface area is 92.1 Å². The molecule has 0 atom stereocenters. The van der Waals surface area contributed by atoms with Gasteiger partial charge in [0.05, 0.1) is 0 Å². The molecule has 0 aromatic rings. The lowest BCUT2D eigenvalue weighted by Gasteiger charge is -2.18. The molecule has 0 heterocycles. The Morgan fingerprint density at radius 1 is 1.27 bits per heavy atom. The molecule has 0 N–H and O–H groups in total. The average molecular weight is 208 g/mol. The molecule has 0 aromatic heterocycles. The normalized spacial score (nSPS) is 10.4. The van der Waals surface area contributed by atoms with Crippen LogP contribution in [0.25, 0.3) is 0 Å². The highest BCUT2D eigenvalue weighted by Gasteiger charge is 2.13. The lowest BCUT2D eigenvalue weighted by molar-refractivity contribution is -0.117. The molecule has 2 heteroatoms. The van der Waals surface area contributed by atoms with Crippen LogP contribution in [0.15, 0.2) is 17.9 Å². The lowest BCUT2D eigenvalue weighted by atomic mass is 9.87. The van der Waals surface area contributed by atoms with Gasteiger partial charge >= 0.3 is 0 Å². The Hall–Kier alpha value is -1.14. The van der Waals surface area contributed by atoms with Crippen molar-refractivity contribution in [2.45, 2.75) is 47.0 Å². The molecule has 0 amide bonds. The number of ketones is 2. The Morgan fingerprint density at radius 2 is 1.87 bits per heavy atom. The predicted molar refractivity (Wildman–Crippen MR) is 61.6 cm³/mol. The maximum absolute atomic E-state index is 10.8. The van der Waals surface area contributed by atoms with Gasteiger partial charge in [-0.1, -0.05) is 13.8 Å². The largest absolute Gasteiger partial charge is 0.300 e. The van der Waals surface area contributed by atoms with E-state index in [0.29, 0.717) is 6.42 Å². The van der Waals surface area contributed by atoms with E-state index in [4.69, 9.17) is 0 Å². The first kappa shape index (κ1) is 13.9. The second kappa shape index (κ2) is 6.36. The average Bonchev–Trinajstić information content (AvgIpc) is 2.01. The first-order valence-corrected chi connectivity index (χ1v) is 5.27. The summed E-state index contributed by atoms with van der Waals surface area (Å²) in [5.41, 5.74) is 2.88. The number of Topliss-reactive ketones (excluding diaryl/α,β-unsaturated/α-hetero) is 1. The van der Waals surface area contributed by atoms with Crippen LogP contribution in [0.2, 0.25) is 0 Å². The summed E-state index contributed by atoms with van der Waals surface area (Å²) in [4.78, 5) is 21.4. The molecule has 0 bridgehead atoms. The fraction of sp³-hybridized carbons (Fsp3) is 0.615. The van der Waals surface area contributed by atoms with Crippen molar-refractivity contribution >= 4 is 11.6 Å². The Balaban J connectivity index is 4.12. The van der Waals surface area contributed by atoms with Crippen LogP contribution in [-0.4, -0.2) is 11.6 Å². The molecule has 84 valence electrons. The van der Waals surface area contributed by atoms with Crippen molar-refractivity contribution in [2.24, 2.45) is 5.41 Å². The summed E-state index contributed by atoms with van der Waals surface area (Å²) in [6.07, 6.45) is 5.79. The van der Waals surface area contributed by atoms with E-state index in [1.165, 1.54) is 13.0 Å². The van der Waals surface area contributed by atoms with E-state index in [1.54, 1.807) is 6.92 Å². The van der Waals surface area contributed by atoms with Crippen LogP contribution in [0.3, 0.4) is 0 Å². The molecular formula is C13H20O2. The minimum absolute atomic E-state index is 0.00139. The number of rotatable bonds is 6. The van der Waals surface area contributed by atoms with Crippen molar-refractivity contribution in [1.29, 1.82) is 0 Å². The van der Waals surface area contributed by atoms with E-state index < -0.39 is 0 Å². The van der Waals surface area contributed by atoms with E-state index in [9.17, 15) is 9.59 Å². The lowest BCUT2D eigenvalue weighted by Crippen LogP contribution is -2.07. The summed E-state index contributed by atoms with van der Waals surface area (Å²) in [7, 11) is 0. The highest BCUT2D eigenvalue weighted by Crippen LogP contribution is 2.24. The molecule has 0 aliphatic heterocycles. The van der Waals surface area contributed by atoms with Crippen LogP contribution in [0.5, 0.6) is 0 Å². The predicted octanol–water partition coefficient (Wildman–Crippen LogP) is 3.07. The molecule has 0 fully saturated rings. The molecule has 2 nitrogen and oxygen atoms in total. The SMILES string of the molecule is CC(=O)C=C=CC(C)(C)CCCC(C)=O. The summed E-state index contributed by atoms with van der Waals surface area (Å²) in [6, 6.07) is 0. The second-order valence-corrected chi connectivity index (χ2v) is 4.61. The third kappa shape index (κ3) is 9.17. The summed E-state index contributed by atoms with van der Waals surface area (Å²) in [5, 5.41) is 0. The summed E-state index contributed by atoms with van der Waals surface area (Å²) >= 11 is 0. The van der Waals surface area contributed by atoms with Crippen molar-refractivity contribution in [2.75, 3.05) is 0 Å². The maximum atomic E-state index is 10.8. The fourth-order valence-electron chi connectivity index (χ4n) is 1.25. The number of carbonyl (C=O) groups is 2. The summed E-state index contributed by atoms with van der Waals surface area (Å²) < 4.78 is 0. The topological polar surface area (TPSA) is 34.1 Å². The van der Waals surface area contributed by atoms with Crippen molar-refractivity contribution in [3.8, 4) is 0 Å². The van der Waals surface area contributed by atoms with Gasteiger partial charge in [0.2, 0.25) is 0 Å². The number of carbonyl (C=O) groups excluding carboxylic acids is 2. The zero-order valence-corrected chi connectivity index (χ0v) is 10.1. The van der Waals surface area contributed by atoms with Crippen molar-refractivity contribution in [3.05, 3.63) is 17.9 Å². The molecule has 0 radical (unpaired) electrons. The maximum Gasteiger partial charge on any atom is 0.160 e. The third-order valence-electron chi connectivity index (χ3n) is 2.11. The minimum Gasteiger partial charge on any atom is -0.300 e. The smallest absolute Gasteiger partial charge is 0.160 e. The van der Waals surface area contributed by atoms with Crippen LogP contribution >= 0.6 is 0 Å². The van der Waals surface area contributed by atoms with Gasteiger partial charge in [-0.25, -0.2) is 0 Å². The zero-order chi connectivity index (χ0) is 11.9. The van der Waals surface area contributed by atoms with Crippen LogP contribution in [0, 0.1) is 5.41 Å². The molecule has 0 aliphatic carbocycles. The van der Waals surface area contributed by atoms with Crippen LogP contribution in [-0.2, 0) is 9.59 Å². The van der Waals surface area contributed by atoms with Crippen LogP contribution in [0.4, 0.5) is 0 Å². The standard InChI is InChI=1S/C13H20O2/c1-11(14)7-5-9-13(3,4)10-6-8-12(2)15/h8,10H,5,7,9H2,1-4H3. The number of allylic oxidation sites excluding steroid dienone is 1. The van der Waals surface area contributed by atoms with Gasteiger partial charge in [-0.2, -0.15) is 0 Å². The minimum atomic E-state index is 0.00139. The van der Waals surface area contributed by atoms with Crippen molar-refractivity contribution < 1.29 is 9.59 Å². The number of hydrogen-bond acceptors (Lipinski definition) is 2. The van der Waals surface area contributed by atoms with E-state index in [0.717, 1.165) is 12.8 Å². The van der Waals surface area contributed by atoms with E-state index in [1.807, 2.05) is 6.08 Å². The van der Waals surface area contributed by atoms with E-state index in [-0.39, 0.29) is 17.0 Å². The second-order valence-electron chi connectivity index (χ2n) is 4.61. The Bertz CT molecular complexity index is 292. The van der Waals surface area contributed by atoms with Crippen molar-refractivity contribution in [3.63, 3.8) is 0 Å². The molecule has 15 heavy (non-hydrogen) atoms. The van der Waals surface area contributed by atoms with Gasteiger partial charge in [0.25, 0.3) is 0 Å². The van der Waals surface area contributed by atoms with Crippen molar-refractivity contribution in [1.82, 2.24) is 0 Å². The molecule has 0 saturated heterocycles. The number of hydrogen-bond donors (Lipinski definition) is 0. The first-order chi connectivity index (χ1) is 6.83. The molecule has 0 spiro atoms. The molecular weight excluding hydrogens is 188 g/mol.